The van der Waals surface area contributed by atoms with Gasteiger partial charge >= 0.3 is 0 Å². The second-order valence-corrected chi connectivity index (χ2v) is 6.02. The molecule has 0 aliphatic carbocycles. The summed E-state index contributed by atoms with van der Waals surface area (Å²) in [5, 5.41) is 0. The lowest BCUT2D eigenvalue weighted by Gasteiger charge is -2.21. The number of ether oxygens (including phenoxy) is 1. The summed E-state index contributed by atoms with van der Waals surface area (Å²) in [6, 6.07) is 7.43. The van der Waals surface area contributed by atoms with Gasteiger partial charge in [-0.3, -0.25) is 14.7 Å². The number of nitrogens with zero attached hydrogens (tertiary/aromatic N) is 3. The number of carbonyl (C=O) groups excluding carboxylic acids is 1. The predicted octanol–water partition coefficient (Wildman–Crippen LogP) is 2.34. The number of rotatable bonds is 4. The molecule has 1 saturated heterocycles. The molecule has 1 amide bonds. The Morgan fingerprint density at radius 3 is 2.88 bits per heavy atom. The van der Waals surface area contributed by atoms with Crippen molar-refractivity contribution in [2.45, 2.75) is 19.9 Å². The molecule has 1 fully saturated rings. The number of aryl methyl sites for hydroxylation is 1. The normalized spacial score (nSPS) is 16.0. The molecule has 1 aliphatic rings. The van der Waals surface area contributed by atoms with Gasteiger partial charge in [0.25, 0.3) is 5.91 Å². The molecule has 1 aliphatic heterocycles. The van der Waals surface area contributed by atoms with Gasteiger partial charge in [0, 0.05) is 38.4 Å². The molecule has 0 unspecified atom stereocenters. The molecule has 24 heavy (non-hydrogen) atoms. The van der Waals surface area contributed by atoms with Gasteiger partial charge in [0.05, 0.1) is 13.7 Å². The summed E-state index contributed by atoms with van der Waals surface area (Å²) in [5.41, 5.74) is 0.435. The molecule has 6 heteroatoms. The van der Waals surface area contributed by atoms with Crippen molar-refractivity contribution in [3.05, 3.63) is 47.7 Å². The van der Waals surface area contributed by atoms with Crippen molar-refractivity contribution in [2.75, 3.05) is 33.3 Å². The lowest BCUT2D eigenvalue weighted by atomic mass is 10.3. The van der Waals surface area contributed by atoms with E-state index < -0.39 is 0 Å². The van der Waals surface area contributed by atoms with Crippen LogP contribution in [0.2, 0.25) is 0 Å². The fourth-order valence-electron chi connectivity index (χ4n) is 2.94. The van der Waals surface area contributed by atoms with Crippen LogP contribution in [-0.4, -0.2) is 54.0 Å². The van der Waals surface area contributed by atoms with Gasteiger partial charge < -0.3 is 14.1 Å². The number of hydrogen-bond donors (Lipinski definition) is 0. The first kappa shape index (κ1) is 16.5. The number of methoxy groups -OCH3 is 1. The second-order valence-electron chi connectivity index (χ2n) is 6.02. The Balaban J connectivity index is 1.61. The van der Waals surface area contributed by atoms with Crippen LogP contribution in [-0.2, 0) is 6.54 Å². The Bertz CT molecular complexity index is 698. The van der Waals surface area contributed by atoms with Gasteiger partial charge in [-0.15, -0.1) is 0 Å². The standard InChI is InChI=1S/C18H23N3O3/c1-14-4-5-16(24-14)13-20-8-3-9-21(11-10-20)18(22)17-12-15(23-2)6-7-19-17/h4-7,12H,3,8-11,13H2,1-2H3. The third-order valence-electron chi connectivity index (χ3n) is 4.24. The second kappa shape index (κ2) is 7.49. The number of furan rings is 1. The van der Waals surface area contributed by atoms with E-state index in [4.69, 9.17) is 9.15 Å². The van der Waals surface area contributed by atoms with Gasteiger partial charge in [-0.25, -0.2) is 0 Å². The molecule has 0 N–H and O–H groups in total. The molecule has 0 saturated carbocycles. The van der Waals surface area contributed by atoms with Crippen molar-refractivity contribution < 1.29 is 13.9 Å². The van der Waals surface area contributed by atoms with Crippen LogP contribution in [0.3, 0.4) is 0 Å². The number of aromatic nitrogens is 1. The summed E-state index contributed by atoms with van der Waals surface area (Å²) in [5.74, 6) is 2.52. The number of carbonyl (C=O) groups is 1. The summed E-state index contributed by atoms with van der Waals surface area (Å²) in [6.45, 7) is 5.95. The van der Waals surface area contributed by atoms with Crippen LogP contribution >= 0.6 is 0 Å². The maximum atomic E-state index is 12.7. The zero-order valence-corrected chi connectivity index (χ0v) is 14.2. The fourth-order valence-corrected chi connectivity index (χ4v) is 2.94. The Morgan fingerprint density at radius 2 is 2.12 bits per heavy atom. The zero-order valence-electron chi connectivity index (χ0n) is 14.2. The topological polar surface area (TPSA) is 58.8 Å². The summed E-state index contributed by atoms with van der Waals surface area (Å²) in [4.78, 5) is 21.0. The van der Waals surface area contributed by atoms with Crippen molar-refractivity contribution >= 4 is 5.91 Å². The van der Waals surface area contributed by atoms with E-state index in [9.17, 15) is 4.79 Å². The van der Waals surface area contributed by atoms with Crippen molar-refractivity contribution in [1.29, 1.82) is 0 Å². The van der Waals surface area contributed by atoms with Crippen LogP contribution in [0.5, 0.6) is 5.75 Å². The van der Waals surface area contributed by atoms with E-state index >= 15 is 0 Å². The van der Waals surface area contributed by atoms with Crippen molar-refractivity contribution in [3.63, 3.8) is 0 Å². The van der Waals surface area contributed by atoms with E-state index in [-0.39, 0.29) is 5.91 Å². The quantitative estimate of drug-likeness (QED) is 0.862. The predicted molar refractivity (Wildman–Crippen MR) is 90.0 cm³/mol. The highest BCUT2D eigenvalue weighted by atomic mass is 16.5. The lowest BCUT2D eigenvalue weighted by molar-refractivity contribution is 0.0754. The summed E-state index contributed by atoms with van der Waals surface area (Å²) < 4.78 is 10.8. The molecule has 2 aromatic rings. The monoisotopic (exact) mass is 329 g/mol. The Labute approximate surface area is 142 Å². The van der Waals surface area contributed by atoms with Gasteiger partial charge in [0.1, 0.15) is 23.0 Å². The zero-order chi connectivity index (χ0) is 16.9. The van der Waals surface area contributed by atoms with Crippen molar-refractivity contribution in [3.8, 4) is 5.75 Å². The van der Waals surface area contributed by atoms with Crippen molar-refractivity contribution in [1.82, 2.24) is 14.8 Å². The number of pyridine rings is 1. The Morgan fingerprint density at radius 1 is 1.25 bits per heavy atom. The van der Waals surface area contributed by atoms with Gasteiger partial charge in [-0.1, -0.05) is 0 Å². The van der Waals surface area contributed by atoms with E-state index in [1.807, 2.05) is 24.0 Å². The number of amides is 1. The largest absolute Gasteiger partial charge is 0.497 e. The summed E-state index contributed by atoms with van der Waals surface area (Å²) >= 11 is 0. The van der Waals surface area contributed by atoms with Crippen LogP contribution in [0, 0.1) is 6.92 Å². The minimum absolute atomic E-state index is 0.0374. The molecule has 0 aromatic carbocycles. The fraction of sp³-hybridized carbons (Fsp3) is 0.444. The van der Waals surface area contributed by atoms with Crippen LogP contribution in [0.4, 0.5) is 0 Å². The highest BCUT2D eigenvalue weighted by Crippen LogP contribution is 2.15. The Hall–Kier alpha value is -2.34. The van der Waals surface area contributed by atoms with E-state index in [1.54, 1.807) is 25.4 Å². The van der Waals surface area contributed by atoms with Gasteiger partial charge in [0.2, 0.25) is 0 Å². The molecule has 6 nitrogen and oxygen atoms in total. The maximum Gasteiger partial charge on any atom is 0.272 e. The summed E-state index contributed by atoms with van der Waals surface area (Å²) in [6.07, 6.45) is 2.55. The first-order valence-corrected chi connectivity index (χ1v) is 8.22. The molecular weight excluding hydrogens is 306 g/mol. The minimum Gasteiger partial charge on any atom is -0.497 e. The third-order valence-corrected chi connectivity index (χ3v) is 4.24. The molecule has 0 radical (unpaired) electrons. The van der Waals surface area contributed by atoms with E-state index in [0.717, 1.165) is 44.1 Å². The summed E-state index contributed by atoms with van der Waals surface area (Å²) in [7, 11) is 1.59. The first-order chi connectivity index (χ1) is 11.7. The maximum absolute atomic E-state index is 12.7. The smallest absolute Gasteiger partial charge is 0.272 e. The molecule has 0 bridgehead atoms. The van der Waals surface area contributed by atoms with Gasteiger partial charge in [0.15, 0.2) is 0 Å². The molecule has 0 atom stereocenters. The van der Waals surface area contributed by atoms with Crippen molar-refractivity contribution in [2.24, 2.45) is 0 Å². The van der Waals surface area contributed by atoms with Crippen LogP contribution in [0.15, 0.2) is 34.9 Å². The third kappa shape index (κ3) is 3.94. The van der Waals surface area contributed by atoms with Gasteiger partial charge in [-0.2, -0.15) is 0 Å². The van der Waals surface area contributed by atoms with E-state index in [2.05, 4.69) is 9.88 Å². The molecule has 3 heterocycles. The average molecular weight is 329 g/mol. The minimum atomic E-state index is -0.0374. The number of hydrogen-bond acceptors (Lipinski definition) is 5. The molecular formula is C18H23N3O3. The Kier molecular flexibility index (Phi) is 5.15. The highest BCUT2D eigenvalue weighted by molar-refractivity contribution is 5.92. The molecule has 3 rings (SSSR count). The average Bonchev–Trinajstić information content (AvgIpc) is 2.87. The van der Waals surface area contributed by atoms with E-state index in [0.29, 0.717) is 18.0 Å². The highest BCUT2D eigenvalue weighted by Gasteiger charge is 2.22. The molecule has 128 valence electrons. The lowest BCUT2D eigenvalue weighted by Crippen LogP contribution is -2.35. The molecule has 2 aromatic heterocycles. The van der Waals surface area contributed by atoms with Crippen LogP contribution < -0.4 is 4.74 Å². The first-order valence-electron chi connectivity index (χ1n) is 8.22. The SMILES string of the molecule is COc1ccnc(C(=O)N2CCCN(Cc3ccc(C)o3)CC2)c1. The van der Waals surface area contributed by atoms with Crippen LogP contribution in [0.25, 0.3) is 0 Å². The van der Waals surface area contributed by atoms with Gasteiger partial charge in [-0.05, 0) is 31.5 Å². The van der Waals surface area contributed by atoms with Crippen LogP contribution in [0.1, 0.15) is 28.4 Å². The molecule has 0 spiro atoms. The van der Waals surface area contributed by atoms with E-state index in [1.165, 1.54) is 0 Å².